The lowest BCUT2D eigenvalue weighted by atomic mass is 10.1. The molecule has 8 nitrogen and oxygen atoms in total. The van der Waals surface area contributed by atoms with Crippen molar-refractivity contribution in [1.29, 1.82) is 0 Å². The van der Waals surface area contributed by atoms with Crippen LogP contribution in [0.25, 0.3) is 65.9 Å². The third kappa shape index (κ3) is 3.11. The molecule has 44 heavy (non-hydrogen) atoms. The zero-order valence-electron chi connectivity index (χ0n) is 23.5. The molecule has 9 rings (SSSR count). The Bertz CT molecular complexity index is 2390. The van der Waals surface area contributed by atoms with Crippen molar-refractivity contribution in [3.8, 4) is 0 Å². The molecule has 0 saturated heterocycles. The van der Waals surface area contributed by atoms with Gasteiger partial charge >= 0.3 is 0 Å². The number of rotatable bonds is 0. The summed E-state index contributed by atoms with van der Waals surface area (Å²) in [5.74, 6) is 0. The number of aromatic nitrogens is 4. The van der Waals surface area contributed by atoms with Gasteiger partial charge in [0.2, 0.25) is 0 Å². The van der Waals surface area contributed by atoms with Gasteiger partial charge in [-0.25, -0.2) is 0 Å². The van der Waals surface area contributed by atoms with Gasteiger partial charge in [0.1, 0.15) is 0 Å². The van der Waals surface area contributed by atoms with Crippen molar-refractivity contribution in [2.75, 3.05) is 0 Å². The van der Waals surface area contributed by atoms with Crippen LogP contribution in [0.3, 0.4) is 0 Å². The fraction of sp³-hybridized carbons (Fsp3) is 0. The first kappa shape index (κ1) is 24.3. The third-order valence-corrected chi connectivity index (χ3v) is 9.02. The molecule has 0 amide bonds. The van der Waals surface area contributed by atoms with Crippen molar-refractivity contribution in [3.63, 3.8) is 0 Å². The van der Waals surface area contributed by atoms with E-state index in [1.165, 1.54) is 0 Å². The first-order valence-electron chi connectivity index (χ1n) is 14.5. The minimum Gasteiger partial charge on any atom is -0.395 e. The lowest BCUT2D eigenvalue weighted by Gasteiger charge is -2.01. The van der Waals surface area contributed by atoms with Crippen LogP contribution >= 0.6 is 0 Å². The largest absolute Gasteiger partial charge is 0.395 e. The molecule has 1 aliphatic heterocycles. The van der Waals surface area contributed by atoms with E-state index < -0.39 is 0 Å². The van der Waals surface area contributed by atoms with Crippen LogP contribution < -0.4 is 44.3 Å². The summed E-state index contributed by atoms with van der Waals surface area (Å²) in [4.78, 5) is 14.4. The second kappa shape index (κ2) is 8.62. The van der Waals surface area contributed by atoms with Gasteiger partial charge in [-0.05, 0) is 0 Å². The molecule has 0 radical (unpaired) electrons. The Morgan fingerprint density at radius 3 is 0.705 bits per heavy atom. The van der Waals surface area contributed by atoms with E-state index in [9.17, 15) is 0 Å². The number of benzene rings is 4. The second-order valence-corrected chi connectivity index (χ2v) is 11.3. The molecule has 8 heteroatoms. The van der Waals surface area contributed by atoms with Crippen LogP contribution in [0.1, 0.15) is 22.8 Å². The molecule has 0 unspecified atom stereocenters. The van der Waals surface area contributed by atoms with E-state index in [4.69, 9.17) is 22.9 Å². The summed E-state index contributed by atoms with van der Waals surface area (Å²) in [6.07, 6.45) is 0. The standard InChI is InChI=1S/C36H28N8/c37-25-29-17-9-1-2-10-18(17)30(41-29)26(38)32-21-13-5-6-14-22(21)34(43-32)28(40)36-24-16-8-7-15-23(24)35(44-36)27(39)33-20-12-4-3-11-19(20)31(25)42-33/h1-16,41-44H,37-40H2. The quantitative estimate of drug-likeness (QED) is 0.140. The molecule has 0 aliphatic carbocycles. The minimum atomic E-state index is 0.564. The van der Waals surface area contributed by atoms with E-state index in [2.05, 4.69) is 68.5 Å². The van der Waals surface area contributed by atoms with Crippen molar-refractivity contribution in [2.24, 2.45) is 22.9 Å². The molecule has 8 bridgehead atoms. The zero-order chi connectivity index (χ0) is 29.7. The van der Waals surface area contributed by atoms with Gasteiger partial charge in [0.25, 0.3) is 0 Å². The molecule has 12 N–H and O–H groups in total. The Morgan fingerprint density at radius 1 is 0.273 bits per heavy atom. The maximum Gasteiger partial charge on any atom is 0.0805 e. The Kier molecular flexibility index (Phi) is 4.77. The van der Waals surface area contributed by atoms with Crippen LogP contribution in [0.15, 0.2) is 97.1 Å². The molecular formula is C36H28N8. The number of hydrogen-bond donors (Lipinski definition) is 8. The van der Waals surface area contributed by atoms with Crippen LogP contribution in [0.2, 0.25) is 0 Å². The summed E-state index contributed by atoms with van der Waals surface area (Å²) in [6, 6.07) is 32.5. The lowest BCUT2D eigenvalue weighted by Crippen LogP contribution is -2.24. The van der Waals surface area contributed by atoms with Crippen LogP contribution in [0.5, 0.6) is 0 Å². The van der Waals surface area contributed by atoms with Crippen LogP contribution in [-0.2, 0) is 0 Å². The molecule has 4 aromatic carbocycles. The minimum absolute atomic E-state index is 0.564. The first-order valence-corrected chi connectivity index (χ1v) is 14.5. The maximum atomic E-state index is 7.06. The first-order chi connectivity index (χ1) is 21.5. The van der Waals surface area contributed by atoms with Gasteiger partial charge in [-0.1, -0.05) is 97.1 Å². The van der Waals surface area contributed by atoms with E-state index >= 15 is 0 Å². The van der Waals surface area contributed by atoms with Gasteiger partial charge in [0, 0.05) is 43.1 Å². The SMILES string of the molecule is NC1=c2[nH]c(c3ccccc23)=C(N)c2[nH]c(c3ccccc23)C(N)=c2[nH]c(c3ccccc23)=C(N)c2[nH]c1c1ccccc21. The predicted molar refractivity (Wildman–Crippen MR) is 178 cm³/mol. The van der Waals surface area contributed by atoms with Gasteiger partial charge < -0.3 is 42.9 Å². The van der Waals surface area contributed by atoms with Crippen LogP contribution in [0, 0.1) is 0 Å². The molecule has 1 aliphatic rings. The third-order valence-electron chi connectivity index (χ3n) is 9.02. The number of fused-ring (bicyclic) bond motifs is 20. The molecule has 8 aromatic rings. The highest BCUT2D eigenvalue weighted by Gasteiger charge is 2.20. The number of nitrogens with two attached hydrogens (primary N) is 4. The molecular weight excluding hydrogens is 544 g/mol. The Labute approximate surface area is 249 Å². The second-order valence-electron chi connectivity index (χ2n) is 11.3. The lowest BCUT2D eigenvalue weighted by molar-refractivity contribution is 1.18. The number of nitrogens with one attached hydrogen (secondary N) is 4. The van der Waals surface area contributed by atoms with Gasteiger partial charge in [0.05, 0.1) is 67.0 Å². The normalized spacial score (nSPS) is 13.6. The monoisotopic (exact) mass is 572 g/mol. The number of H-pyrrole nitrogens is 4. The van der Waals surface area contributed by atoms with Crippen LogP contribution in [-0.4, -0.2) is 19.9 Å². The van der Waals surface area contributed by atoms with Crippen molar-refractivity contribution in [1.82, 2.24) is 19.9 Å². The molecule has 5 heterocycles. The van der Waals surface area contributed by atoms with Gasteiger partial charge in [-0.3, -0.25) is 0 Å². The highest BCUT2D eigenvalue weighted by Crippen LogP contribution is 2.30. The Hall–Kier alpha value is -6.28. The Balaban J connectivity index is 1.59. The molecule has 0 atom stereocenters. The highest BCUT2D eigenvalue weighted by molar-refractivity contribution is 6.03. The summed E-state index contributed by atoms with van der Waals surface area (Å²) in [6.45, 7) is 0. The van der Waals surface area contributed by atoms with E-state index in [0.717, 1.165) is 87.3 Å². The highest BCUT2D eigenvalue weighted by atomic mass is 14.9. The number of hydrogen-bond acceptors (Lipinski definition) is 4. The van der Waals surface area contributed by atoms with E-state index in [1.54, 1.807) is 0 Å². The van der Waals surface area contributed by atoms with E-state index in [-0.39, 0.29) is 0 Å². The molecule has 0 fully saturated rings. The topological polar surface area (TPSA) is 167 Å². The maximum absolute atomic E-state index is 7.06. The summed E-state index contributed by atoms with van der Waals surface area (Å²) in [7, 11) is 0. The van der Waals surface area contributed by atoms with Crippen molar-refractivity contribution in [3.05, 3.63) is 141 Å². The zero-order valence-corrected chi connectivity index (χ0v) is 23.5. The summed E-state index contributed by atoms with van der Waals surface area (Å²) >= 11 is 0. The molecule has 4 aromatic heterocycles. The predicted octanol–water partition coefficient (Wildman–Crippen LogP) is 2.39. The van der Waals surface area contributed by atoms with Crippen LogP contribution in [0.4, 0.5) is 0 Å². The fourth-order valence-electron chi connectivity index (χ4n) is 6.91. The molecule has 0 saturated carbocycles. The van der Waals surface area contributed by atoms with E-state index in [0.29, 0.717) is 22.8 Å². The van der Waals surface area contributed by atoms with Crippen molar-refractivity contribution >= 4 is 65.9 Å². The van der Waals surface area contributed by atoms with Gasteiger partial charge in [-0.2, -0.15) is 0 Å². The molecule has 0 spiro atoms. The fourth-order valence-corrected chi connectivity index (χ4v) is 6.91. The smallest absolute Gasteiger partial charge is 0.0805 e. The summed E-state index contributed by atoms with van der Waals surface area (Å²) in [5, 5.41) is 10.8. The van der Waals surface area contributed by atoms with Crippen molar-refractivity contribution in [2.45, 2.75) is 0 Å². The van der Waals surface area contributed by atoms with Gasteiger partial charge in [-0.15, -0.1) is 0 Å². The van der Waals surface area contributed by atoms with Crippen molar-refractivity contribution < 1.29 is 0 Å². The summed E-state index contributed by atoms with van der Waals surface area (Å²) < 4.78 is 0. The van der Waals surface area contributed by atoms with Gasteiger partial charge in [0.15, 0.2) is 0 Å². The Morgan fingerprint density at radius 2 is 0.477 bits per heavy atom. The average molecular weight is 573 g/mol. The summed E-state index contributed by atoms with van der Waals surface area (Å²) in [5.41, 5.74) is 33.6. The number of aromatic amines is 4. The molecule has 212 valence electrons. The average Bonchev–Trinajstić information content (AvgIpc) is 3.84. The van der Waals surface area contributed by atoms with E-state index in [1.807, 2.05) is 48.5 Å².